The average Bonchev–Trinajstić information content (AvgIpc) is 2.19. The Balaban J connectivity index is 1.85. The molecule has 1 nitrogen and oxygen atoms in total. The van der Waals surface area contributed by atoms with Crippen molar-refractivity contribution in [2.75, 3.05) is 0 Å². The zero-order valence-corrected chi connectivity index (χ0v) is 8.61. The van der Waals surface area contributed by atoms with Crippen LogP contribution in [0.2, 0.25) is 6.32 Å². The zero-order chi connectivity index (χ0) is 9.80. The second-order valence-corrected chi connectivity index (χ2v) is 3.94. The average molecular weight is 183 g/mol. The van der Waals surface area contributed by atoms with Gasteiger partial charge in [-0.3, -0.25) is 0 Å². The Labute approximate surface area is 87.8 Å². The van der Waals surface area contributed by atoms with Gasteiger partial charge in [0.25, 0.3) is 0 Å². The van der Waals surface area contributed by atoms with Crippen LogP contribution in [0.5, 0.6) is 0 Å². The molecule has 0 bridgehead atoms. The fraction of sp³-hybridized carbons (Fsp3) is 0.455. The standard InChI is InChI=1S/C11H15B2N/c1-9-5-7-13-11(8-9)14-10-4-2-3-6-12-10/h2-3,5,7-8,10-11,14H,4,6H2,1H3. The lowest BCUT2D eigenvalue weighted by Crippen LogP contribution is -2.44. The van der Waals surface area contributed by atoms with Crippen molar-refractivity contribution in [2.45, 2.75) is 31.5 Å². The highest BCUT2D eigenvalue weighted by Crippen LogP contribution is 2.08. The molecule has 3 heteroatoms. The number of rotatable bonds is 2. The summed E-state index contributed by atoms with van der Waals surface area (Å²) in [5.41, 5.74) is 1.34. The lowest BCUT2D eigenvalue weighted by atomic mass is 9.59. The van der Waals surface area contributed by atoms with Crippen LogP contribution in [-0.4, -0.2) is 26.4 Å². The van der Waals surface area contributed by atoms with Gasteiger partial charge in [-0.2, -0.15) is 0 Å². The summed E-state index contributed by atoms with van der Waals surface area (Å²) in [5.74, 6) is 3.08. The Morgan fingerprint density at radius 1 is 1.43 bits per heavy atom. The molecular weight excluding hydrogens is 168 g/mol. The third kappa shape index (κ3) is 2.65. The van der Waals surface area contributed by atoms with Crippen molar-refractivity contribution in [3.8, 4) is 0 Å². The first-order valence-corrected chi connectivity index (χ1v) is 5.29. The molecule has 1 N–H and O–H groups in total. The summed E-state index contributed by atoms with van der Waals surface area (Å²) < 4.78 is 0. The summed E-state index contributed by atoms with van der Waals surface area (Å²) in [5, 5.41) is 3.60. The van der Waals surface area contributed by atoms with E-state index in [1.165, 1.54) is 5.57 Å². The van der Waals surface area contributed by atoms with Crippen LogP contribution in [-0.2, 0) is 0 Å². The van der Waals surface area contributed by atoms with Crippen molar-refractivity contribution in [1.82, 2.24) is 5.32 Å². The van der Waals surface area contributed by atoms with Crippen LogP contribution in [0.1, 0.15) is 13.3 Å². The zero-order valence-electron chi connectivity index (χ0n) is 8.61. The summed E-state index contributed by atoms with van der Waals surface area (Å²) in [6.07, 6.45) is 11.1. The molecule has 0 aromatic rings. The van der Waals surface area contributed by atoms with Crippen molar-refractivity contribution in [1.29, 1.82) is 0 Å². The van der Waals surface area contributed by atoms with Crippen LogP contribution in [0.4, 0.5) is 0 Å². The van der Waals surface area contributed by atoms with Gasteiger partial charge in [0.15, 0.2) is 7.28 Å². The monoisotopic (exact) mass is 183 g/mol. The first kappa shape index (κ1) is 9.85. The maximum atomic E-state index is 3.60. The SMILES string of the molecule is CC1=CC(NC2[B]CC=CC2)[B]C=C1. The smallest absolute Gasteiger partial charge is 0.168 e. The molecule has 2 rings (SSSR count). The molecule has 0 saturated carbocycles. The van der Waals surface area contributed by atoms with Crippen LogP contribution >= 0.6 is 0 Å². The van der Waals surface area contributed by atoms with E-state index in [4.69, 9.17) is 0 Å². The van der Waals surface area contributed by atoms with Gasteiger partial charge in [-0.15, -0.1) is 5.98 Å². The maximum absolute atomic E-state index is 3.60. The Bertz CT molecular complexity index is 281. The summed E-state index contributed by atoms with van der Waals surface area (Å²) in [7, 11) is 4.55. The van der Waals surface area contributed by atoms with E-state index in [1.807, 2.05) is 0 Å². The molecule has 0 spiro atoms. The van der Waals surface area contributed by atoms with Crippen molar-refractivity contribution < 1.29 is 0 Å². The van der Waals surface area contributed by atoms with E-state index in [9.17, 15) is 0 Å². The third-order valence-corrected chi connectivity index (χ3v) is 2.64. The largest absolute Gasteiger partial charge is 0.322 e. The van der Waals surface area contributed by atoms with Gasteiger partial charge in [0, 0.05) is 0 Å². The molecule has 0 aliphatic carbocycles. The highest BCUT2D eigenvalue weighted by molar-refractivity contribution is 6.46. The predicted molar refractivity (Wildman–Crippen MR) is 63.7 cm³/mol. The second-order valence-electron chi connectivity index (χ2n) is 3.94. The fourth-order valence-corrected chi connectivity index (χ4v) is 1.89. The lowest BCUT2D eigenvalue weighted by molar-refractivity contribution is 0.647. The van der Waals surface area contributed by atoms with E-state index in [-0.39, 0.29) is 0 Å². The molecule has 2 heterocycles. The van der Waals surface area contributed by atoms with Gasteiger partial charge in [0.1, 0.15) is 7.28 Å². The molecule has 0 aromatic heterocycles. The molecular formula is C11H15B2N. The van der Waals surface area contributed by atoms with Gasteiger partial charge in [-0.05, 0) is 25.2 Å². The second kappa shape index (κ2) is 4.70. The predicted octanol–water partition coefficient (Wildman–Crippen LogP) is 1.49. The molecule has 2 unspecified atom stereocenters. The van der Waals surface area contributed by atoms with Crippen LogP contribution in [0.3, 0.4) is 0 Å². The quantitative estimate of drug-likeness (QED) is 0.504. The van der Waals surface area contributed by atoms with Gasteiger partial charge in [0.2, 0.25) is 0 Å². The molecule has 2 aliphatic rings. The lowest BCUT2D eigenvalue weighted by Gasteiger charge is -2.25. The first-order valence-electron chi connectivity index (χ1n) is 5.29. The summed E-state index contributed by atoms with van der Waals surface area (Å²) in [6, 6.07) is 0. The number of allylic oxidation sites excluding steroid dienone is 3. The van der Waals surface area contributed by atoms with Crippen molar-refractivity contribution in [3.05, 3.63) is 35.9 Å². The Hall–Kier alpha value is -0.690. The Morgan fingerprint density at radius 2 is 2.36 bits per heavy atom. The van der Waals surface area contributed by atoms with Crippen molar-refractivity contribution >= 4 is 14.6 Å². The third-order valence-electron chi connectivity index (χ3n) is 2.64. The number of nitrogens with one attached hydrogen (secondary N) is 1. The Kier molecular flexibility index (Phi) is 3.30. The van der Waals surface area contributed by atoms with Crippen LogP contribution in [0, 0.1) is 0 Å². The van der Waals surface area contributed by atoms with Crippen LogP contribution in [0.15, 0.2) is 35.9 Å². The summed E-state index contributed by atoms with van der Waals surface area (Å²) >= 11 is 0. The summed E-state index contributed by atoms with van der Waals surface area (Å²) in [4.78, 5) is 0. The minimum atomic E-state index is 0.410. The van der Waals surface area contributed by atoms with E-state index < -0.39 is 0 Å². The van der Waals surface area contributed by atoms with Crippen LogP contribution < -0.4 is 5.32 Å². The van der Waals surface area contributed by atoms with E-state index in [1.54, 1.807) is 0 Å². The van der Waals surface area contributed by atoms with E-state index in [0.29, 0.717) is 11.9 Å². The number of hydrogen-bond acceptors (Lipinski definition) is 1. The number of hydrogen-bond donors (Lipinski definition) is 1. The van der Waals surface area contributed by atoms with Gasteiger partial charge in [-0.1, -0.05) is 36.2 Å². The fourth-order valence-electron chi connectivity index (χ4n) is 1.89. The highest BCUT2D eigenvalue weighted by Gasteiger charge is 2.15. The molecule has 2 atom stereocenters. The molecule has 70 valence electrons. The van der Waals surface area contributed by atoms with Crippen molar-refractivity contribution in [2.24, 2.45) is 0 Å². The maximum Gasteiger partial charge on any atom is 0.168 e. The molecule has 14 heavy (non-hydrogen) atoms. The van der Waals surface area contributed by atoms with E-state index in [2.05, 4.69) is 57.1 Å². The van der Waals surface area contributed by atoms with Gasteiger partial charge in [-0.25, -0.2) is 0 Å². The minimum Gasteiger partial charge on any atom is -0.322 e. The first-order chi connectivity index (χ1) is 6.84. The normalized spacial score (nSPS) is 30.5. The molecule has 0 fully saturated rings. The van der Waals surface area contributed by atoms with Crippen LogP contribution in [0.25, 0.3) is 0 Å². The molecule has 0 amide bonds. The Morgan fingerprint density at radius 3 is 3.07 bits per heavy atom. The molecule has 0 aromatic carbocycles. The molecule has 2 aliphatic heterocycles. The van der Waals surface area contributed by atoms with Crippen molar-refractivity contribution in [3.63, 3.8) is 0 Å². The molecule has 0 saturated heterocycles. The van der Waals surface area contributed by atoms with E-state index in [0.717, 1.165) is 12.7 Å². The molecule has 2 radical (unpaired) electrons. The van der Waals surface area contributed by atoms with Gasteiger partial charge in [0.05, 0.1) is 0 Å². The topological polar surface area (TPSA) is 12.0 Å². The van der Waals surface area contributed by atoms with Gasteiger partial charge >= 0.3 is 0 Å². The highest BCUT2D eigenvalue weighted by atomic mass is 14.9. The van der Waals surface area contributed by atoms with Gasteiger partial charge < -0.3 is 5.32 Å². The minimum absolute atomic E-state index is 0.410. The van der Waals surface area contributed by atoms with E-state index >= 15 is 0 Å². The summed E-state index contributed by atoms with van der Waals surface area (Å²) in [6.45, 7) is 2.14.